The zero-order valence-corrected chi connectivity index (χ0v) is 14.3. The van der Waals surface area contributed by atoms with E-state index in [1.165, 1.54) is 23.5 Å². The van der Waals surface area contributed by atoms with Crippen LogP contribution in [0.3, 0.4) is 0 Å². The predicted molar refractivity (Wildman–Crippen MR) is 87.9 cm³/mol. The van der Waals surface area contributed by atoms with Gasteiger partial charge in [-0.05, 0) is 57.2 Å². The Morgan fingerprint density at radius 1 is 1.13 bits per heavy atom. The predicted octanol–water partition coefficient (Wildman–Crippen LogP) is 2.87. The second-order valence-electron chi connectivity index (χ2n) is 5.50. The van der Waals surface area contributed by atoms with Gasteiger partial charge in [-0.15, -0.1) is 0 Å². The van der Waals surface area contributed by atoms with E-state index in [9.17, 15) is 13.2 Å². The fraction of sp³-hybridized carbons (Fsp3) is 0.312. The molecule has 1 heterocycles. The van der Waals surface area contributed by atoms with Crippen LogP contribution in [0, 0.1) is 6.92 Å². The van der Waals surface area contributed by atoms with Gasteiger partial charge in [0.2, 0.25) is 10.0 Å². The van der Waals surface area contributed by atoms with Gasteiger partial charge in [-0.2, -0.15) is 4.31 Å². The third kappa shape index (κ3) is 3.80. The summed E-state index contributed by atoms with van der Waals surface area (Å²) in [6.45, 7) is 5.36. The second kappa shape index (κ2) is 6.55. The molecule has 0 bridgehead atoms. The molecule has 0 aliphatic rings. The van der Waals surface area contributed by atoms with E-state index in [4.69, 9.17) is 4.42 Å². The molecule has 1 N–H and O–H groups in total. The van der Waals surface area contributed by atoms with Crippen LogP contribution in [-0.4, -0.2) is 31.7 Å². The first-order chi connectivity index (χ1) is 10.7. The standard InChI is InChI=1S/C16H20N2O4S/c1-11(2)18(4)23(20,21)14-8-6-13(7-9-14)17-16(19)15-10-5-12(3)22-15/h5-11H,1-4H3,(H,17,19). The molecule has 2 rings (SSSR count). The number of amides is 1. The molecule has 0 radical (unpaired) electrons. The van der Waals surface area contributed by atoms with Crippen LogP contribution >= 0.6 is 0 Å². The average molecular weight is 336 g/mol. The van der Waals surface area contributed by atoms with Crippen LogP contribution in [0.1, 0.15) is 30.2 Å². The Morgan fingerprint density at radius 3 is 2.22 bits per heavy atom. The Balaban J connectivity index is 2.15. The molecular weight excluding hydrogens is 316 g/mol. The third-order valence-electron chi connectivity index (χ3n) is 3.48. The van der Waals surface area contributed by atoms with Crippen LogP contribution < -0.4 is 5.32 Å². The molecular formula is C16H20N2O4S. The number of furan rings is 1. The van der Waals surface area contributed by atoms with Crippen molar-refractivity contribution in [1.82, 2.24) is 4.31 Å². The van der Waals surface area contributed by atoms with E-state index < -0.39 is 10.0 Å². The highest BCUT2D eigenvalue weighted by atomic mass is 32.2. The fourth-order valence-corrected chi connectivity index (χ4v) is 3.27. The molecule has 23 heavy (non-hydrogen) atoms. The number of hydrogen-bond acceptors (Lipinski definition) is 4. The lowest BCUT2D eigenvalue weighted by molar-refractivity contribution is 0.0995. The van der Waals surface area contributed by atoms with Gasteiger partial charge in [0.25, 0.3) is 5.91 Å². The number of carbonyl (C=O) groups is 1. The summed E-state index contributed by atoms with van der Waals surface area (Å²) in [5.74, 6) is 0.472. The van der Waals surface area contributed by atoms with Crippen molar-refractivity contribution in [1.29, 1.82) is 0 Å². The van der Waals surface area contributed by atoms with Gasteiger partial charge >= 0.3 is 0 Å². The Bertz CT molecular complexity index is 792. The molecule has 0 unspecified atom stereocenters. The molecule has 0 saturated heterocycles. The lowest BCUT2D eigenvalue weighted by atomic mass is 10.3. The largest absolute Gasteiger partial charge is 0.456 e. The first-order valence-corrected chi connectivity index (χ1v) is 8.61. The van der Waals surface area contributed by atoms with Crippen molar-refractivity contribution in [2.75, 3.05) is 12.4 Å². The van der Waals surface area contributed by atoms with Crippen molar-refractivity contribution in [3.63, 3.8) is 0 Å². The van der Waals surface area contributed by atoms with Crippen molar-refractivity contribution in [3.8, 4) is 0 Å². The van der Waals surface area contributed by atoms with Gasteiger partial charge in [0.15, 0.2) is 5.76 Å². The molecule has 2 aromatic rings. The first kappa shape index (κ1) is 17.2. The summed E-state index contributed by atoms with van der Waals surface area (Å²) in [5.41, 5.74) is 0.496. The number of carbonyl (C=O) groups excluding carboxylic acids is 1. The molecule has 1 amide bonds. The number of nitrogens with zero attached hydrogens (tertiary/aromatic N) is 1. The summed E-state index contributed by atoms with van der Waals surface area (Å²) in [7, 11) is -1.99. The normalized spacial score (nSPS) is 11.9. The van der Waals surface area contributed by atoms with E-state index in [1.54, 1.807) is 45.0 Å². The number of sulfonamides is 1. The second-order valence-corrected chi connectivity index (χ2v) is 7.50. The van der Waals surface area contributed by atoms with Crippen molar-refractivity contribution in [3.05, 3.63) is 47.9 Å². The van der Waals surface area contributed by atoms with E-state index in [2.05, 4.69) is 5.32 Å². The summed E-state index contributed by atoms with van der Waals surface area (Å²) >= 11 is 0. The van der Waals surface area contributed by atoms with E-state index in [0.29, 0.717) is 11.4 Å². The number of aryl methyl sites for hydroxylation is 1. The Labute approximate surface area is 136 Å². The average Bonchev–Trinajstić information content (AvgIpc) is 2.93. The molecule has 0 saturated carbocycles. The number of nitrogens with one attached hydrogen (secondary N) is 1. The van der Waals surface area contributed by atoms with Crippen molar-refractivity contribution in [2.24, 2.45) is 0 Å². The highest BCUT2D eigenvalue weighted by molar-refractivity contribution is 7.89. The lowest BCUT2D eigenvalue weighted by Gasteiger charge is -2.21. The zero-order valence-electron chi connectivity index (χ0n) is 13.5. The zero-order chi connectivity index (χ0) is 17.2. The first-order valence-electron chi connectivity index (χ1n) is 7.17. The highest BCUT2D eigenvalue weighted by Gasteiger charge is 2.22. The third-order valence-corrected chi connectivity index (χ3v) is 5.53. The van der Waals surface area contributed by atoms with Crippen molar-refractivity contribution < 1.29 is 17.6 Å². The van der Waals surface area contributed by atoms with Crippen molar-refractivity contribution in [2.45, 2.75) is 31.7 Å². The fourth-order valence-electron chi connectivity index (χ4n) is 1.90. The van der Waals surface area contributed by atoms with Gasteiger partial charge in [0, 0.05) is 18.8 Å². The quantitative estimate of drug-likeness (QED) is 0.910. The molecule has 0 aliphatic heterocycles. The van der Waals surface area contributed by atoms with Gasteiger partial charge in [-0.1, -0.05) is 0 Å². The summed E-state index contributed by atoms with van der Waals surface area (Å²) in [4.78, 5) is 12.2. The molecule has 0 aliphatic carbocycles. The summed E-state index contributed by atoms with van der Waals surface area (Å²) in [6.07, 6.45) is 0. The smallest absolute Gasteiger partial charge is 0.291 e. The maximum absolute atomic E-state index is 12.4. The maximum Gasteiger partial charge on any atom is 0.291 e. The number of rotatable bonds is 5. The Kier molecular flexibility index (Phi) is 4.91. The minimum atomic E-state index is -3.53. The van der Waals surface area contributed by atoms with E-state index in [1.807, 2.05) is 0 Å². The Hall–Kier alpha value is -2.12. The minimum Gasteiger partial charge on any atom is -0.456 e. The molecule has 6 nitrogen and oxygen atoms in total. The van der Waals surface area contributed by atoms with Gasteiger partial charge in [-0.25, -0.2) is 8.42 Å². The van der Waals surface area contributed by atoms with Gasteiger partial charge < -0.3 is 9.73 Å². The molecule has 124 valence electrons. The summed E-state index contributed by atoms with van der Waals surface area (Å²) in [6, 6.07) is 9.19. The SMILES string of the molecule is Cc1ccc(C(=O)Nc2ccc(S(=O)(=O)N(C)C(C)C)cc2)o1. The van der Waals surface area contributed by atoms with Gasteiger partial charge in [-0.3, -0.25) is 4.79 Å². The molecule has 0 fully saturated rings. The molecule has 1 aromatic carbocycles. The molecule has 0 spiro atoms. The number of anilines is 1. The van der Waals surface area contributed by atoms with Crippen LogP contribution in [0.15, 0.2) is 45.7 Å². The van der Waals surface area contributed by atoms with Crippen molar-refractivity contribution >= 4 is 21.6 Å². The number of benzene rings is 1. The molecule has 7 heteroatoms. The molecule has 0 atom stereocenters. The van der Waals surface area contributed by atoms with Crippen LogP contribution in [0.5, 0.6) is 0 Å². The van der Waals surface area contributed by atoms with Crippen LogP contribution in [0.2, 0.25) is 0 Å². The topological polar surface area (TPSA) is 79.6 Å². The minimum absolute atomic E-state index is 0.137. The van der Waals surface area contributed by atoms with E-state index >= 15 is 0 Å². The van der Waals surface area contributed by atoms with Crippen LogP contribution in [0.4, 0.5) is 5.69 Å². The lowest BCUT2D eigenvalue weighted by Crippen LogP contribution is -2.33. The molecule has 1 aromatic heterocycles. The maximum atomic E-state index is 12.4. The number of hydrogen-bond donors (Lipinski definition) is 1. The summed E-state index contributed by atoms with van der Waals surface area (Å²) in [5, 5.41) is 2.66. The highest BCUT2D eigenvalue weighted by Crippen LogP contribution is 2.19. The van der Waals surface area contributed by atoms with Crippen LogP contribution in [0.25, 0.3) is 0 Å². The van der Waals surface area contributed by atoms with Gasteiger partial charge in [0.05, 0.1) is 4.90 Å². The Morgan fingerprint density at radius 2 is 1.74 bits per heavy atom. The van der Waals surface area contributed by atoms with E-state index in [0.717, 1.165) is 0 Å². The van der Waals surface area contributed by atoms with E-state index in [-0.39, 0.29) is 22.6 Å². The van der Waals surface area contributed by atoms with Crippen LogP contribution in [-0.2, 0) is 10.0 Å². The van der Waals surface area contributed by atoms with Gasteiger partial charge in [0.1, 0.15) is 5.76 Å². The summed E-state index contributed by atoms with van der Waals surface area (Å²) < 4.78 is 31.2. The monoisotopic (exact) mass is 336 g/mol.